The summed E-state index contributed by atoms with van der Waals surface area (Å²) >= 11 is 0. The topological polar surface area (TPSA) is 27.7 Å². The zero-order valence-electron chi connectivity index (χ0n) is 15.3. The smallest absolute Gasteiger partial charge is 0.495 e. The predicted molar refractivity (Wildman–Crippen MR) is 97.6 cm³/mol. The molecule has 0 aliphatic carbocycles. The Bertz CT molecular complexity index is 663. The van der Waals surface area contributed by atoms with E-state index in [1.165, 1.54) is 0 Å². The minimum atomic E-state index is -0.341. The summed E-state index contributed by atoms with van der Waals surface area (Å²) in [6.07, 6.45) is 0. The van der Waals surface area contributed by atoms with E-state index in [1.54, 1.807) is 7.11 Å². The number of hydrogen-bond acceptors (Lipinski definition) is 3. The molecule has 0 unspecified atom stereocenters. The summed E-state index contributed by atoms with van der Waals surface area (Å²) in [5.74, 6) is 0.855. The van der Waals surface area contributed by atoms with Crippen LogP contribution >= 0.6 is 0 Å². The van der Waals surface area contributed by atoms with Gasteiger partial charge >= 0.3 is 7.12 Å². The number of rotatable bonds is 2. The van der Waals surface area contributed by atoms with E-state index in [2.05, 4.69) is 45.9 Å². The fourth-order valence-electron chi connectivity index (χ4n) is 2.59. The molecule has 4 heteroatoms. The van der Waals surface area contributed by atoms with E-state index in [-0.39, 0.29) is 18.3 Å². The van der Waals surface area contributed by atoms with Gasteiger partial charge in [0.2, 0.25) is 0 Å². The Hall–Kier alpha value is -1.52. The number of methoxy groups -OCH3 is 1. The van der Waals surface area contributed by atoms with Crippen LogP contribution in [0.25, 0.3) is 10.8 Å². The highest BCUT2D eigenvalue weighted by atomic mass is 16.7. The molecule has 0 aromatic heterocycles. The number of fused-ring (bicyclic) bond motifs is 1. The van der Waals surface area contributed by atoms with Crippen LogP contribution in [0, 0.1) is 0 Å². The fourth-order valence-corrected chi connectivity index (χ4v) is 2.59. The van der Waals surface area contributed by atoms with Crippen LogP contribution in [0.15, 0.2) is 36.4 Å². The lowest BCUT2D eigenvalue weighted by molar-refractivity contribution is 0.00578. The summed E-state index contributed by atoms with van der Waals surface area (Å²) in [4.78, 5) is 0. The van der Waals surface area contributed by atoms with Gasteiger partial charge in [-0.3, -0.25) is 0 Å². The lowest BCUT2D eigenvalue weighted by Gasteiger charge is -2.32. The Labute approximate surface area is 140 Å². The van der Waals surface area contributed by atoms with Crippen LogP contribution in [-0.2, 0) is 9.31 Å². The van der Waals surface area contributed by atoms with E-state index in [0.29, 0.717) is 0 Å². The van der Waals surface area contributed by atoms with Gasteiger partial charge < -0.3 is 14.0 Å². The summed E-state index contributed by atoms with van der Waals surface area (Å²) < 4.78 is 17.6. The third-order valence-corrected chi connectivity index (χ3v) is 4.63. The molecule has 1 aliphatic heterocycles. The maximum absolute atomic E-state index is 6.16. The molecule has 124 valence electrons. The summed E-state index contributed by atoms with van der Waals surface area (Å²) in [6, 6.07) is 12.2. The van der Waals surface area contributed by atoms with Gasteiger partial charge in [0, 0.05) is 0 Å². The maximum atomic E-state index is 6.16. The zero-order valence-corrected chi connectivity index (χ0v) is 15.3. The molecule has 2 aromatic rings. The van der Waals surface area contributed by atoms with E-state index in [9.17, 15) is 0 Å². The number of benzene rings is 2. The minimum Gasteiger partial charge on any atom is -0.497 e. The first-order valence-electron chi connectivity index (χ1n) is 8.26. The van der Waals surface area contributed by atoms with Crippen molar-refractivity contribution in [3.05, 3.63) is 36.4 Å². The van der Waals surface area contributed by atoms with Crippen molar-refractivity contribution in [3.8, 4) is 5.75 Å². The van der Waals surface area contributed by atoms with Gasteiger partial charge in [-0.15, -0.1) is 0 Å². The van der Waals surface area contributed by atoms with Crippen LogP contribution in [-0.4, -0.2) is 25.4 Å². The normalized spacial score (nSPS) is 18.5. The van der Waals surface area contributed by atoms with Crippen molar-refractivity contribution in [3.63, 3.8) is 0 Å². The largest absolute Gasteiger partial charge is 0.497 e. The molecule has 0 saturated carbocycles. The third kappa shape index (κ3) is 3.24. The summed E-state index contributed by atoms with van der Waals surface area (Å²) in [5, 5.41) is 2.26. The lowest BCUT2D eigenvalue weighted by atomic mass is 9.76. The molecule has 0 atom stereocenters. The fraction of sp³-hybridized carbons (Fsp3) is 0.474. The molecule has 0 radical (unpaired) electrons. The second kappa shape index (κ2) is 6.54. The highest BCUT2D eigenvalue weighted by Gasteiger charge is 2.52. The van der Waals surface area contributed by atoms with Crippen molar-refractivity contribution in [2.24, 2.45) is 0 Å². The Morgan fingerprint density at radius 2 is 1.52 bits per heavy atom. The van der Waals surface area contributed by atoms with Crippen LogP contribution in [0.4, 0.5) is 0 Å². The molecule has 3 rings (SSSR count). The second-order valence-electron chi connectivity index (χ2n) is 6.52. The molecule has 1 heterocycles. The Morgan fingerprint density at radius 1 is 0.913 bits per heavy atom. The molecule has 0 bridgehead atoms. The van der Waals surface area contributed by atoms with Crippen molar-refractivity contribution in [1.82, 2.24) is 0 Å². The first-order chi connectivity index (χ1) is 10.8. The van der Waals surface area contributed by atoms with E-state index >= 15 is 0 Å². The van der Waals surface area contributed by atoms with Gasteiger partial charge in [0.25, 0.3) is 0 Å². The van der Waals surface area contributed by atoms with Crippen LogP contribution in [0.1, 0.15) is 41.5 Å². The maximum Gasteiger partial charge on any atom is 0.495 e. The molecule has 1 saturated heterocycles. The molecular weight excluding hydrogens is 287 g/mol. The van der Waals surface area contributed by atoms with Crippen molar-refractivity contribution < 1.29 is 14.0 Å². The molecule has 1 aliphatic rings. The van der Waals surface area contributed by atoms with Gasteiger partial charge in [0.1, 0.15) is 5.75 Å². The number of hydrogen-bond donors (Lipinski definition) is 0. The SMILES string of the molecule is CC.COc1ccc2c(B3OC(C)(C)C(C)(C)O3)cccc2c1. The monoisotopic (exact) mass is 314 g/mol. The van der Waals surface area contributed by atoms with Gasteiger partial charge in [0.05, 0.1) is 18.3 Å². The van der Waals surface area contributed by atoms with Gasteiger partial charge in [-0.05, 0) is 56.1 Å². The van der Waals surface area contributed by atoms with E-state index in [0.717, 1.165) is 22.0 Å². The van der Waals surface area contributed by atoms with E-state index in [4.69, 9.17) is 14.0 Å². The van der Waals surface area contributed by atoms with Crippen LogP contribution in [0.5, 0.6) is 5.75 Å². The van der Waals surface area contributed by atoms with Crippen LogP contribution in [0.2, 0.25) is 0 Å². The molecule has 23 heavy (non-hydrogen) atoms. The van der Waals surface area contributed by atoms with Crippen LogP contribution in [0.3, 0.4) is 0 Å². The zero-order chi connectivity index (χ0) is 17.3. The van der Waals surface area contributed by atoms with Gasteiger partial charge in [-0.25, -0.2) is 0 Å². The highest BCUT2D eigenvalue weighted by Crippen LogP contribution is 2.37. The quantitative estimate of drug-likeness (QED) is 0.779. The van der Waals surface area contributed by atoms with Crippen LogP contribution < -0.4 is 10.2 Å². The van der Waals surface area contributed by atoms with Crippen molar-refractivity contribution >= 4 is 23.4 Å². The molecule has 0 amide bonds. The summed E-state index contributed by atoms with van der Waals surface area (Å²) in [6.45, 7) is 12.3. The molecule has 0 spiro atoms. The molecule has 2 aromatic carbocycles. The molecule has 0 N–H and O–H groups in total. The molecular formula is C19H27BO3. The van der Waals surface area contributed by atoms with Gasteiger partial charge in [-0.2, -0.15) is 0 Å². The summed E-state index contributed by atoms with van der Waals surface area (Å²) in [5.41, 5.74) is 0.410. The third-order valence-electron chi connectivity index (χ3n) is 4.63. The first kappa shape index (κ1) is 17.8. The molecule has 1 fully saturated rings. The summed E-state index contributed by atoms with van der Waals surface area (Å²) in [7, 11) is 1.34. The average molecular weight is 314 g/mol. The minimum absolute atomic E-state index is 0.327. The Kier molecular flexibility index (Phi) is 5.07. The standard InChI is InChI=1S/C17H21BO3.C2H6/c1-16(2)17(3,4)21-18(20-16)15-8-6-7-12-11-13(19-5)9-10-14(12)15;1-2/h6-11H,1-5H3;1-2H3. The molecule has 3 nitrogen and oxygen atoms in total. The van der Waals surface area contributed by atoms with Crippen molar-refractivity contribution in [1.29, 1.82) is 0 Å². The average Bonchev–Trinajstić information content (AvgIpc) is 2.76. The van der Waals surface area contributed by atoms with E-state index < -0.39 is 0 Å². The predicted octanol–water partition coefficient (Wildman–Crippen LogP) is 4.17. The highest BCUT2D eigenvalue weighted by molar-refractivity contribution is 6.65. The van der Waals surface area contributed by atoms with Gasteiger partial charge in [-0.1, -0.05) is 38.1 Å². The number of ether oxygens (including phenoxy) is 1. The van der Waals surface area contributed by atoms with Gasteiger partial charge in [0.15, 0.2) is 0 Å². The van der Waals surface area contributed by atoms with Crippen molar-refractivity contribution in [2.45, 2.75) is 52.7 Å². The first-order valence-corrected chi connectivity index (χ1v) is 8.26. The Balaban J connectivity index is 0.000000924. The lowest BCUT2D eigenvalue weighted by Crippen LogP contribution is -2.41. The van der Waals surface area contributed by atoms with Crippen molar-refractivity contribution in [2.75, 3.05) is 7.11 Å². The van der Waals surface area contributed by atoms with E-state index in [1.807, 2.05) is 32.0 Å². The Morgan fingerprint density at radius 3 is 2.09 bits per heavy atom. The second-order valence-corrected chi connectivity index (χ2v) is 6.52.